The highest BCUT2D eigenvalue weighted by Crippen LogP contribution is 2.44. The smallest absolute Gasteiger partial charge is 0.164 e. The molecule has 0 spiro atoms. The summed E-state index contributed by atoms with van der Waals surface area (Å²) in [6.45, 7) is 0. The van der Waals surface area contributed by atoms with Crippen LogP contribution in [0.25, 0.3) is 115 Å². The third-order valence-electron chi connectivity index (χ3n) is 10.9. The summed E-state index contributed by atoms with van der Waals surface area (Å²) in [6, 6.07) is 48.7. The van der Waals surface area contributed by atoms with Gasteiger partial charge in [0.15, 0.2) is 17.5 Å². The lowest BCUT2D eigenvalue weighted by atomic mass is 9.98. The van der Waals surface area contributed by atoms with E-state index in [0.29, 0.717) is 44.6 Å². The van der Waals surface area contributed by atoms with Crippen molar-refractivity contribution < 1.29 is 9.60 Å². The molecule has 0 bridgehead atoms. The first kappa shape index (κ1) is 26.4. The summed E-state index contributed by atoms with van der Waals surface area (Å²) < 4.78 is 65.4. The van der Waals surface area contributed by atoms with Crippen LogP contribution in [0.3, 0.4) is 0 Å². The molecule has 0 saturated carbocycles. The zero-order valence-electron chi connectivity index (χ0n) is 37.6. The predicted octanol–water partition coefficient (Wildman–Crippen LogP) is 14.3. The molecule has 12 aromatic rings. The molecule has 4 nitrogen and oxygen atoms in total. The van der Waals surface area contributed by atoms with E-state index in [0.717, 1.165) is 65.8 Å². The van der Waals surface area contributed by atoms with Gasteiger partial charge in [-0.15, -0.1) is 11.3 Å². The molecule has 0 saturated heterocycles. The lowest BCUT2D eigenvalue weighted by Crippen LogP contribution is -2.02. The van der Waals surface area contributed by atoms with Crippen LogP contribution in [-0.4, -0.2) is 19.5 Å². The van der Waals surface area contributed by atoms with E-state index in [-0.39, 0.29) is 51.7 Å². The minimum absolute atomic E-state index is 0.179. The summed E-state index contributed by atoms with van der Waals surface area (Å²) in [5, 5.41) is 6.73. The maximum atomic E-state index is 9.54. The predicted molar refractivity (Wildman–Crippen MR) is 244 cm³/mol. The van der Waals surface area contributed by atoms with Crippen LogP contribution >= 0.6 is 11.3 Å². The molecule has 0 aliphatic heterocycles. The summed E-state index contributed by atoms with van der Waals surface area (Å²) in [4.78, 5) is 15.5. The van der Waals surface area contributed by atoms with Crippen LogP contribution in [0.1, 0.15) is 9.60 Å². The molecular formula is C53H32N4S. The molecule has 3 heterocycles. The molecule has 0 aliphatic carbocycles. The van der Waals surface area contributed by atoms with Crippen LogP contribution in [0, 0.1) is 0 Å². The fourth-order valence-corrected chi connectivity index (χ4v) is 9.27. The van der Waals surface area contributed by atoms with Crippen molar-refractivity contribution in [3.05, 3.63) is 194 Å². The van der Waals surface area contributed by atoms with Crippen molar-refractivity contribution in [2.45, 2.75) is 0 Å². The molecule has 9 aromatic carbocycles. The van der Waals surface area contributed by atoms with Crippen LogP contribution in [0.2, 0.25) is 0 Å². The number of rotatable bonds is 5. The molecule has 0 atom stereocenters. The van der Waals surface area contributed by atoms with E-state index in [4.69, 9.17) is 23.2 Å². The highest BCUT2D eigenvalue weighted by atomic mass is 32.1. The van der Waals surface area contributed by atoms with Gasteiger partial charge in [0, 0.05) is 58.8 Å². The highest BCUT2D eigenvalue weighted by molar-refractivity contribution is 7.26. The molecule has 0 aliphatic rings. The van der Waals surface area contributed by atoms with Crippen molar-refractivity contribution in [1.82, 2.24) is 19.5 Å². The summed E-state index contributed by atoms with van der Waals surface area (Å²) in [5.41, 5.74) is 5.70. The van der Waals surface area contributed by atoms with Crippen LogP contribution in [-0.2, 0) is 0 Å². The Kier molecular flexibility index (Phi) is 5.94. The standard InChI is InChI=1S/C53H32N4S/c1-3-14-35-30-37(26-24-33(35)12-1)51-54-52(38-27-25-34-13-2-4-15-36(34)31-38)56-53(55-51)39-28-29-42(44-19-11-20-45-43-18-7-10-23-49(43)58-50(44)45)48(32-39)57-46-21-8-5-16-40(46)41-17-6-9-22-47(41)57/h1-32H/i7D,10D,11D,18D,19D,20D,23D. The van der Waals surface area contributed by atoms with Crippen LogP contribution in [0.4, 0.5) is 0 Å². The molecular weight excluding hydrogens is 725 g/mol. The van der Waals surface area contributed by atoms with E-state index >= 15 is 0 Å². The van der Waals surface area contributed by atoms with Gasteiger partial charge in [-0.05, 0) is 57.9 Å². The van der Waals surface area contributed by atoms with Gasteiger partial charge in [0.25, 0.3) is 0 Å². The molecule has 0 N–H and O–H groups in total. The van der Waals surface area contributed by atoms with Gasteiger partial charge >= 0.3 is 0 Å². The van der Waals surface area contributed by atoms with E-state index in [2.05, 4.69) is 65.2 Å². The third-order valence-corrected chi connectivity index (χ3v) is 12.1. The summed E-state index contributed by atoms with van der Waals surface area (Å²) in [6.07, 6.45) is 0. The van der Waals surface area contributed by atoms with Gasteiger partial charge < -0.3 is 4.57 Å². The number of benzene rings is 9. The zero-order valence-corrected chi connectivity index (χ0v) is 31.4. The van der Waals surface area contributed by atoms with E-state index in [1.807, 2.05) is 91.0 Å². The Morgan fingerprint density at radius 2 is 0.931 bits per heavy atom. The normalized spacial score (nSPS) is 13.5. The Morgan fingerprint density at radius 3 is 1.57 bits per heavy atom. The number of para-hydroxylation sites is 2. The summed E-state index contributed by atoms with van der Waals surface area (Å²) >= 11 is 1.12. The SMILES string of the molecule is [2H]c1c([2H])c([2H])c2c(sc3c(-c4ccc(-c5nc(-c6ccc7ccccc7c6)nc(-c6ccc7ccccc7c6)n5)cc4-n4c5ccccc5c5ccccc54)c([2H])c([2H])c([2H])c32)c1[2H]. The van der Waals surface area contributed by atoms with E-state index in [1.165, 1.54) is 0 Å². The molecule has 3 aromatic heterocycles. The van der Waals surface area contributed by atoms with E-state index in [9.17, 15) is 1.37 Å². The maximum Gasteiger partial charge on any atom is 0.164 e. The molecule has 12 rings (SSSR count). The summed E-state index contributed by atoms with van der Waals surface area (Å²) in [7, 11) is 0. The highest BCUT2D eigenvalue weighted by Gasteiger charge is 2.21. The Labute approximate surface area is 347 Å². The van der Waals surface area contributed by atoms with Crippen molar-refractivity contribution in [2.24, 2.45) is 0 Å². The Bertz CT molecular complexity index is 3860. The first-order chi connectivity index (χ1) is 31.6. The van der Waals surface area contributed by atoms with Gasteiger partial charge in [-0.1, -0.05) is 158 Å². The number of nitrogens with zero attached hydrogens (tertiary/aromatic N) is 4. The fraction of sp³-hybridized carbons (Fsp3) is 0. The third kappa shape index (κ3) is 5.25. The fourth-order valence-electron chi connectivity index (χ4n) is 8.19. The second-order valence-electron chi connectivity index (χ2n) is 14.3. The molecule has 0 fully saturated rings. The molecule has 58 heavy (non-hydrogen) atoms. The van der Waals surface area contributed by atoms with Crippen molar-refractivity contribution in [3.63, 3.8) is 0 Å². The second-order valence-corrected chi connectivity index (χ2v) is 15.3. The number of fused-ring (bicyclic) bond motifs is 8. The Hall–Kier alpha value is -7.47. The minimum atomic E-state index is -0.413. The number of aromatic nitrogens is 4. The largest absolute Gasteiger partial charge is 0.309 e. The van der Waals surface area contributed by atoms with Crippen molar-refractivity contribution in [1.29, 1.82) is 0 Å². The molecule has 5 heteroatoms. The molecule has 270 valence electrons. The molecule has 0 amide bonds. The van der Waals surface area contributed by atoms with E-state index < -0.39 is 6.04 Å². The van der Waals surface area contributed by atoms with Crippen molar-refractivity contribution >= 4 is 74.9 Å². The number of thiophene rings is 1. The van der Waals surface area contributed by atoms with Gasteiger partial charge in [0.2, 0.25) is 0 Å². The Morgan fingerprint density at radius 1 is 0.414 bits per heavy atom. The quantitative estimate of drug-likeness (QED) is 0.175. The molecule has 0 unspecified atom stereocenters. The monoisotopic (exact) mass is 763 g/mol. The minimum Gasteiger partial charge on any atom is -0.309 e. The van der Waals surface area contributed by atoms with Crippen LogP contribution in [0.15, 0.2) is 194 Å². The average molecular weight is 764 g/mol. The van der Waals surface area contributed by atoms with Gasteiger partial charge in [0.1, 0.15) is 0 Å². The van der Waals surface area contributed by atoms with Gasteiger partial charge in [0.05, 0.1) is 26.3 Å². The number of hydrogen-bond donors (Lipinski definition) is 0. The number of hydrogen-bond acceptors (Lipinski definition) is 4. The maximum absolute atomic E-state index is 9.54. The summed E-state index contributed by atoms with van der Waals surface area (Å²) in [5.74, 6) is 1.41. The zero-order chi connectivity index (χ0) is 44.2. The van der Waals surface area contributed by atoms with Crippen molar-refractivity contribution in [2.75, 3.05) is 0 Å². The first-order valence-electron chi connectivity index (χ1n) is 22.4. The van der Waals surface area contributed by atoms with E-state index in [1.54, 1.807) is 0 Å². The van der Waals surface area contributed by atoms with Crippen molar-refractivity contribution in [3.8, 4) is 51.0 Å². The molecule has 0 radical (unpaired) electrons. The van der Waals surface area contributed by atoms with Gasteiger partial charge in [-0.25, -0.2) is 15.0 Å². The van der Waals surface area contributed by atoms with Crippen LogP contribution in [0.5, 0.6) is 0 Å². The first-order valence-corrected chi connectivity index (χ1v) is 19.8. The van der Waals surface area contributed by atoms with Crippen LogP contribution < -0.4 is 0 Å². The lowest BCUT2D eigenvalue weighted by Gasteiger charge is -2.17. The average Bonchev–Trinajstić information content (AvgIpc) is 3.91. The van der Waals surface area contributed by atoms with Gasteiger partial charge in [-0.2, -0.15) is 0 Å². The van der Waals surface area contributed by atoms with Gasteiger partial charge in [-0.3, -0.25) is 0 Å². The Balaban J connectivity index is 1.18. The lowest BCUT2D eigenvalue weighted by molar-refractivity contribution is 1.07. The topological polar surface area (TPSA) is 43.6 Å². The second kappa shape index (κ2) is 13.1.